The summed E-state index contributed by atoms with van der Waals surface area (Å²) >= 11 is 3.24. The summed E-state index contributed by atoms with van der Waals surface area (Å²) in [4.78, 5) is 10.8. The Bertz CT molecular complexity index is 650. The second-order valence-electron chi connectivity index (χ2n) is 5.51. The molecule has 0 bridgehead atoms. The normalized spacial score (nSPS) is 11.6. The summed E-state index contributed by atoms with van der Waals surface area (Å²) in [5, 5.41) is 16.6. The summed E-state index contributed by atoms with van der Waals surface area (Å²) in [5.74, 6) is -1.01. The number of benzene rings is 1. The summed E-state index contributed by atoms with van der Waals surface area (Å²) in [7, 11) is 0. The summed E-state index contributed by atoms with van der Waals surface area (Å²) in [6, 6.07) is 4.55. The maximum absolute atomic E-state index is 13.8. The zero-order valence-electron chi connectivity index (χ0n) is 11.6. The third-order valence-electron chi connectivity index (χ3n) is 2.90. The van der Waals surface area contributed by atoms with E-state index in [9.17, 15) is 9.18 Å². The molecular formula is C14H14BrFN2O3. The topological polar surface area (TPSA) is 76.2 Å². The lowest BCUT2D eigenvalue weighted by Crippen LogP contribution is -2.19. The average Bonchev–Trinajstić information content (AvgIpc) is 2.74. The molecule has 1 aromatic carbocycles. The van der Waals surface area contributed by atoms with Gasteiger partial charge in [0.2, 0.25) is 5.89 Å². The molecule has 2 rings (SSSR count). The van der Waals surface area contributed by atoms with Crippen molar-refractivity contribution in [2.75, 3.05) is 0 Å². The number of carboxylic acids is 1. The third-order valence-corrected chi connectivity index (χ3v) is 3.56. The lowest BCUT2D eigenvalue weighted by Gasteiger charge is -2.19. The van der Waals surface area contributed by atoms with E-state index in [4.69, 9.17) is 9.52 Å². The number of aromatic nitrogens is 2. The Morgan fingerprint density at radius 3 is 2.76 bits per heavy atom. The summed E-state index contributed by atoms with van der Waals surface area (Å²) < 4.78 is 19.8. The predicted octanol–water partition coefficient (Wildman–Crippen LogP) is 3.68. The molecule has 0 saturated heterocycles. The number of carboxylic acid groups (broad SMARTS) is 1. The van der Waals surface area contributed by atoms with Gasteiger partial charge >= 0.3 is 5.97 Å². The minimum atomic E-state index is -0.892. The number of halogens is 2. The van der Waals surface area contributed by atoms with Crippen LogP contribution in [0.3, 0.4) is 0 Å². The van der Waals surface area contributed by atoms with Gasteiger partial charge in [0.15, 0.2) is 0 Å². The first-order valence-corrected chi connectivity index (χ1v) is 7.06. The van der Waals surface area contributed by atoms with Gasteiger partial charge in [-0.2, -0.15) is 0 Å². The van der Waals surface area contributed by atoms with Crippen LogP contribution in [0.15, 0.2) is 27.1 Å². The molecule has 0 aliphatic rings. The standard InChI is InChI=1S/C14H14BrFN2O3/c1-14(2,7-11(19)20)6-10-17-18-13(21-10)12-8(15)4-3-5-9(12)16/h3-5H,6-7H2,1-2H3,(H,19,20). The molecule has 2 aromatic rings. The molecule has 21 heavy (non-hydrogen) atoms. The monoisotopic (exact) mass is 356 g/mol. The molecule has 5 nitrogen and oxygen atoms in total. The van der Waals surface area contributed by atoms with Crippen LogP contribution in [0, 0.1) is 11.2 Å². The van der Waals surface area contributed by atoms with Crippen LogP contribution in [-0.2, 0) is 11.2 Å². The molecule has 0 atom stereocenters. The minimum Gasteiger partial charge on any atom is -0.481 e. The van der Waals surface area contributed by atoms with E-state index < -0.39 is 17.2 Å². The fraction of sp³-hybridized carbons (Fsp3) is 0.357. The number of aliphatic carboxylic acids is 1. The molecule has 0 radical (unpaired) electrons. The van der Waals surface area contributed by atoms with Gasteiger partial charge in [0.05, 0.1) is 12.0 Å². The number of carbonyl (C=O) groups is 1. The molecule has 7 heteroatoms. The SMILES string of the molecule is CC(C)(CC(=O)O)Cc1nnc(-c2c(F)cccc2Br)o1. The lowest BCUT2D eigenvalue weighted by atomic mass is 9.86. The maximum atomic E-state index is 13.8. The van der Waals surface area contributed by atoms with Crippen LogP contribution in [0.5, 0.6) is 0 Å². The Morgan fingerprint density at radius 2 is 2.14 bits per heavy atom. The molecule has 0 aliphatic heterocycles. The molecule has 0 amide bonds. The van der Waals surface area contributed by atoms with Crippen LogP contribution in [-0.4, -0.2) is 21.3 Å². The highest BCUT2D eigenvalue weighted by molar-refractivity contribution is 9.10. The van der Waals surface area contributed by atoms with E-state index >= 15 is 0 Å². The van der Waals surface area contributed by atoms with Crippen LogP contribution in [0.25, 0.3) is 11.5 Å². The maximum Gasteiger partial charge on any atom is 0.303 e. The van der Waals surface area contributed by atoms with Crippen molar-refractivity contribution in [3.8, 4) is 11.5 Å². The molecule has 0 aliphatic carbocycles. The van der Waals surface area contributed by atoms with Crippen molar-refractivity contribution >= 4 is 21.9 Å². The van der Waals surface area contributed by atoms with Crippen molar-refractivity contribution in [2.45, 2.75) is 26.7 Å². The van der Waals surface area contributed by atoms with E-state index in [1.165, 1.54) is 6.07 Å². The van der Waals surface area contributed by atoms with E-state index in [2.05, 4.69) is 26.1 Å². The first-order chi connectivity index (χ1) is 9.78. The lowest BCUT2D eigenvalue weighted by molar-refractivity contribution is -0.139. The molecule has 112 valence electrons. The van der Waals surface area contributed by atoms with E-state index in [0.29, 0.717) is 10.9 Å². The first-order valence-electron chi connectivity index (χ1n) is 6.27. The van der Waals surface area contributed by atoms with Crippen molar-refractivity contribution in [1.29, 1.82) is 0 Å². The molecule has 1 N–H and O–H groups in total. The Kier molecular flexibility index (Phi) is 4.41. The summed E-state index contributed by atoms with van der Waals surface area (Å²) in [5.41, 5.74) is -0.324. The van der Waals surface area contributed by atoms with Crippen molar-refractivity contribution < 1.29 is 18.7 Å². The largest absolute Gasteiger partial charge is 0.481 e. The van der Waals surface area contributed by atoms with Gasteiger partial charge in [-0.15, -0.1) is 10.2 Å². The Balaban J connectivity index is 2.25. The molecule has 1 heterocycles. The number of hydrogen-bond acceptors (Lipinski definition) is 4. The number of nitrogens with zero attached hydrogens (tertiary/aromatic N) is 2. The Labute approximate surface area is 129 Å². The fourth-order valence-corrected chi connectivity index (χ4v) is 2.52. The Morgan fingerprint density at radius 1 is 1.43 bits per heavy atom. The van der Waals surface area contributed by atoms with Crippen LogP contribution >= 0.6 is 15.9 Å². The van der Waals surface area contributed by atoms with Gasteiger partial charge in [-0.3, -0.25) is 4.79 Å². The number of hydrogen-bond donors (Lipinski definition) is 1. The van der Waals surface area contributed by atoms with Crippen LogP contribution in [0.4, 0.5) is 4.39 Å². The molecule has 0 saturated carbocycles. The third kappa shape index (κ3) is 3.87. The van der Waals surface area contributed by atoms with Crippen LogP contribution < -0.4 is 0 Å². The average molecular weight is 357 g/mol. The Hall–Kier alpha value is -1.76. The number of rotatable bonds is 5. The zero-order valence-corrected chi connectivity index (χ0v) is 13.1. The second kappa shape index (κ2) is 5.93. The molecule has 0 fully saturated rings. The molecule has 0 spiro atoms. The molecular weight excluding hydrogens is 343 g/mol. The molecule has 1 aromatic heterocycles. The van der Waals surface area contributed by atoms with Gasteiger partial charge in [0.1, 0.15) is 5.82 Å². The zero-order chi connectivity index (χ0) is 15.6. The smallest absolute Gasteiger partial charge is 0.303 e. The van der Waals surface area contributed by atoms with Crippen molar-refractivity contribution in [2.24, 2.45) is 5.41 Å². The van der Waals surface area contributed by atoms with E-state index in [1.54, 1.807) is 26.0 Å². The first kappa shape index (κ1) is 15.6. The molecule has 0 unspecified atom stereocenters. The van der Waals surface area contributed by atoms with Crippen LogP contribution in [0.2, 0.25) is 0 Å². The van der Waals surface area contributed by atoms with E-state index in [1.807, 2.05) is 0 Å². The quantitative estimate of drug-likeness (QED) is 0.883. The van der Waals surface area contributed by atoms with Gasteiger partial charge < -0.3 is 9.52 Å². The minimum absolute atomic E-state index is 0.0197. The van der Waals surface area contributed by atoms with Crippen molar-refractivity contribution in [3.05, 3.63) is 34.4 Å². The summed E-state index contributed by atoms with van der Waals surface area (Å²) in [6.45, 7) is 3.59. The van der Waals surface area contributed by atoms with Gasteiger partial charge in [-0.1, -0.05) is 19.9 Å². The summed E-state index contributed by atoms with van der Waals surface area (Å²) in [6.07, 6.45) is 0.284. The van der Waals surface area contributed by atoms with Crippen molar-refractivity contribution in [1.82, 2.24) is 10.2 Å². The van der Waals surface area contributed by atoms with E-state index in [0.717, 1.165) is 0 Å². The fourth-order valence-electron chi connectivity index (χ4n) is 2.01. The van der Waals surface area contributed by atoms with Gasteiger partial charge in [-0.25, -0.2) is 4.39 Å². The second-order valence-corrected chi connectivity index (χ2v) is 6.36. The van der Waals surface area contributed by atoms with Crippen molar-refractivity contribution in [3.63, 3.8) is 0 Å². The van der Waals surface area contributed by atoms with Gasteiger partial charge in [0, 0.05) is 10.9 Å². The van der Waals surface area contributed by atoms with Gasteiger partial charge in [0.25, 0.3) is 5.89 Å². The predicted molar refractivity (Wildman–Crippen MR) is 77.1 cm³/mol. The highest BCUT2D eigenvalue weighted by Crippen LogP contribution is 2.31. The van der Waals surface area contributed by atoms with Gasteiger partial charge in [-0.05, 0) is 33.5 Å². The highest BCUT2D eigenvalue weighted by Gasteiger charge is 2.26. The highest BCUT2D eigenvalue weighted by atomic mass is 79.9. The van der Waals surface area contributed by atoms with Crippen LogP contribution in [0.1, 0.15) is 26.2 Å². The van der Waals surface area contributed by atoms with E-state index in [-0.39, 0.29) is 23.8 Å².